The van der Waals surface area contributed by atoms with Crippen LogP contribution in [-0.2, 0) is 5.41 Å². The summed E-state index contributed by atoms with van der Waals surface area (Å²) >= 11 is 0. The summed E-state index contributed by atoms with van der Waals surface area (Å²) in [5.41, 5.74) is 18.9. The summed E-state index contributed by atoms with van der Waals surface area (Å²) in [7, 11) is 0. The van der Waals surface area contributed by atoms with Crippen LogP contribution in [0.25, 0.3) is 101 Å². The van der Waals surface area contributed by atoms with Gasteiger partial charge in [0.15, 0.2) is 17.5 Å². The third kappa shape index (κ3) is 4.98. The van der Waals surface area contributed by atoms with Crippen LogP contribution in [0.1, 0.15) is 22.3 Å². The van der Waals surface area contributed by atoms with E-state index in [0.717, 1.165) is 60.9 Å². The van der Waals surface area contributed by atoms with Crippen molar-refractivity contribution in [3.8, 4) is 78.7 Å². The number of aromatic nitrogens is 3. The molecule has 1 spiro atoms. The Morgan fingerprint density at radius 3 is 1.52 bits per heavy atom. The zero-order valence-corrected chi connectivity index (χ0v) is 33.5. The Kier molecular flexibility index (Phi) is 7.49. The van der Waals surface area contributed by atoms with Crippen molar-refractivity contribution in [1.82, 2.24) is 15.0 Å². The van der Waals surface area contributed by atoms with Crippen LogP contribution < -0.4 is 0 Å². The van der Waals surface area contributed by atoms with Gasteiger partial charge in [-0.25, -0.2) is 15.0 Å². The van der Waals surface area contributed by atoms with Gasteiger partial charge in [0.05, 0.1) is 5.41 Å². The lowest BCUT2D eigenvalue weighted by Crippen LogP contribution is -2.25. The molecule has 0 saturated carbocycles. The Bertz CT molecular complexity index is 3560. The second-order valence-electron chi connectivity index (χ2n) is 16.2. The first-order valence-electron chi connectivity index (χ1n) is 21.1. The van der Waals surface area contributed by atoms with Crippen molar-refractivity contribution in [1.29, 1.82) is 0 Å². The first-order chi connectivity index (χ1) is 30.7. The van der Waals surface area contributed by atoms with Crippen LogP contribution in [0.3, 0.4) is 0 Å². The Labute approximate surface area is 358 Å². The van der Waals surface area contributed by atoms with E-state index >= 15 is 0 Å². The number of furan rings is 1. The van der Waals surface area contributed by atoms with Crippen LogP contribution in [0.4, 0.5) is 0 Å². The molecule has 4 heteroatoms. The maximum Gasteiger partial charge on any atom is 0.164 e. The molecule has 288 valence electrons. The van der Waals surface area contributed by atoms with Crippen LogP contribution in [0.15, 0.2) is 217 Å². The average molecular weight is 790 g/mol. The highest BCUT2D eigenvalue weighted by molar-refractivity contribution is 6.12. The summed E-state index contributed by atoms with van der Waals surface area (Å²) < 4.78 is 6.27. The van der Waals surface area contributed by atoms with E-state index in [4.69, 9.17) is 19.4 Å². The molecule has 0 fully saturated rings. The average Bonchev–Trinajstić information content (AvgIpc) is 3.98. The number of hydrogen-bond donors (Lipinski definition) is 0. The third-order valence-corrected chi connectivity index (χ3v) is 13.0. The van der Waals surface area contributed by atoms with Crippen molar-refractivity contribution in [2.45, 2.75) is 5.41 Å². The molecule has 0 amide bonds. The topological polar surface area (TPSA) is 51.8 Å². The van der Waals surface area contributed by atoms with Crippen LogP contribution in [0.2, 0.25) is 0 Å². The summed E-state index contributed by atoms with van der Waals surface area (Å²) in [6.07, 6.45) is 0. The minimum Gasteiger partial charge on any atom is -0.456 e. The van der Waals surface area contributed by atoms with Gasteiger partial charge >= 0.3 is 0 Å². The highest BCUT2D eigenvalue weighted by Crippen LogP contribution is 2.63. The van der Waals surface area contributed by atoms with E-state index in [9.17, 15) is 0 Å². The Balaban J connectivity index is 0.978. The standard InChI is InChI=1S/C58H35N3O/c1-2-16-36(17-3-1)55-59-56(39-19-14-18-37(34-39)41-26-15-31-53-54(41)46-25-9-13-30-52(46)62-53)61-57(60-55)45-24-5-4-20-40(45)38-32-33-51-47(35-38)44-23-8-12-29-50(44)58(51)48-27-10-6-21-42(48)43-22-7-11-28-49(43)58/h1-35H. The van der Waals surface area contributed by atoms with Gasteiger partial charge in [-0.15, -0.1) is 0 Å². The maximum atomic E-state index is 6.27. The van der Waals surface area contributed by atoms with Gasteiger partial charge in [0.25, 0.3) is 0 Å². The molecule has 2 aliphatic carbocycles. The van der Waals surface area contributed by atoms with Gasteiger partial charge in [0.1, 0.15) is 11.2 Å². The van der Waals surface area contributed by atoms with Gasteiger partial charge in [-0.3, -0.25) is 0 Å². The second-order valence-corrected chi connectivity index (χ2v) is 16.2. The summed E-state index contributed by atoms with van der Waals surface area (Å²) in [5, 5.41) is 2.19. The fraction of sp³-hybridized carbons (Fsp3) is 0.0172. The van der Waals surface area contributed by atoms with Gasteiger partial charge in [-0.1, -0.05) is 188 Å². The van der Waals surface area contributed by atoms with E-state index < -0.39 is 5.41 Å². The second kappa shape index (κ2) is 13.4. The molecule has 0 aliphatic heterocycles. The summed E-state index contributed by atoms with van der Waals surface area (Å²) in [5.74, 6) is 1.85. The van der Waals surface area contributed by atoms with Crippen LogP contribution >= 0.6 is 0 Å². The largest absolute Gasteiger partial charge is 0.456 e. The van der Waals surface area contributed by atoms with Crippen molar-refractivity contribution < 1.29 is 4.42 Å². The molecule has 9 aromatic carbocycles. The van der Waals surface area contributed by atoms with E-state index in [2.05, 4.69) is 176 Å². The smallest absolute Gasteiger partial charge is 0.164 e. The molecular weight excluding hydrogens is 755 g/mol. The van der Waals surface area contributed by atoms with Gasteiger partial charge in [-0.2, -0.15) is 0 Å². The highest BCUT2D eigenvalue weighted by Gasteiger charge is 2.51. The number of fused-ring (bicyclic) bond motifs is 13. The molecular formula is C58H35N3O. The third-order valence-electron chi connectivity index (χ3n) is 13.0. The number of rotatable bonds is 5. The normalized spacial score (nSPS) is 13.0. The SMILES string of the molecule is c1ccc(-c2nc(-c3cccc(-c4cccc5oc6ccccc6c45)c3)nc(-c3ccccc3-c3ccc4c(c3)-c3ccccc3C43c4ccccc4-c4ccccc43)n2)cc1. The molecule has 0 N–H and O–H groups in total. The maximum absolute atomic E-state index is 6.27. The fourth-order valence-corrected chi connectivity index (χ4v) is 10.4. The molecule has 2 aliphatic rings. The van der Waals surface area contributed by atoms with E-state index in [1.807, 2.05) is 36.4 Å². The molecule has 0 bridgehead atoms. The molecule has 0 radical (unpaired) electrons. The van der Waals surface area contributed by atoms with E-state index in [0.29, 0.717) is 17.5 Å². The molecule has 0 saturated heterocycles. The molecule has 2 aromatic heterocycles. The monoisotopic (exact) mass is 789 g/mol. The molecule has 4 nitrogen and oxygen atoms in total. The Hall–Kier alpha value is -8.21. The lowest BCUT2D eigenvalue weighted by atomic mass is 9.70. The van der Waals surface area contributed by atoms with Crippen molar-refractivity contribution in [2.75, 3.05) is 0 Å². The van der Waals surface area contributed by atoms with Crippen LogP contribution in [-0.4, -0.2) is 15.0 Å². The molecule has 62 heavy (non-hydrogen) atoms. The molecule has 2 heterocycles. The van der Waals surface area contributed by atoms with Crippen molar-refractivity contribution in [2.24, 2.45) is 0 Å². The molecule has 13 rings (SSSR count). The summed E-state index contributed by atoms with van der Waals surface area (Å²) in [4.78, 5) is 15.7. The quantitative estimate of drug-likeness (QED) is 0.174. The molecule has 0 atom stereocenters. The van der Waals surface area contributed by atoms with Gasteiger partial charge in [0.2, 0.25) is 0 Å². The number of nitrogens with zero attached hydrogens (tertiary/aromatic N) is 3. The zero-order valence-electron chi connectivity index (χ0n) is 33.5. The predicted molar refractivity (Wildman–Crippen MR) is 251 cm³/mol. The van der Waals surface area contributed by atoms with Gasteiger partial charge in [0, 0.05) is 27.5 Å². The summed E-state index contributed by atoms with van der Waals surface area (Å²) in [6, 6.07) is 75.6. The van der Waals surface area contributed by atoms with Crippen molar-refractivity contribution in [3.05, 3.63) is 235 Å². The van der Waals surface area contributed by atoms with E-state index in [1.54, 1.807) is 0 Å². The van der Waals surface area contributed by atoms with E-state index in [1.165, 1.54) is 44.5 Å². The first-order valence-corrected chi connectivity index (χ1v) is 21.1. The number of benzene rings is 9. The van der Waals surface area contributed by atoms with E-state index in [-0.39, 0.29) is 0 Å². The molecule has 0 unspecified atom stereocenters. The lowest BCUT2D eigenvalue weighted by Gasteiger charge is -2.30. The lowest BCUT2D eigenvalue weighted by molar-refractivity contribution is 0.669. The fourth-order valence-electron chi connectivity index (χ4n) is 10.4. The predicted octanol–water partition coefficient (Wildman–Crippen LogP) is 14.4. The van der Waals surface area contributed by atoms with Crippen LogP contribution in [0.5, 0.6) is 0 Å². The van der Waals surface area contributed by atoms with Crippen LogP contribution in [0, 0.1) is 0 Å². The molecule has 11 aromatic rings. The Morgan fingerprint density at radius 1 is 0.290 bits per heavy atom. The summed E-state index contributed by atoms with van der Waals surface area (Å²) in [6.45, 7) is 0. The van der Waals surface area contributed by atoms with Crippen molar-refractivity contribution in [3.63, 3.8) is 0 Å². The Morgan fingerprint density at radius 2 is 0.774 bits per heavy atom. The first kappa shape index (κ1) is 34.6. The van der Waals surface area contributed by atoms with Gasteiger partial charge in [-0.05, 0) is 91.0 Å². The number of para-hydroxylation sites is 1. The zero-order chi connectivity index (χ0) is 40.8. The minimum absolute atomic E-state index is 0.393. The highest BCUT2D eigenvalue weighted by atomic mass is 16.3. The minimum atomic E-state index is -0.393. The van der Waals surface area contributed by atoms with Gasteiger partial charge < -0.3 is 4.42 Å². The number of hydrogen-bond acceptors (Lipinski definition) is 4. The van der Waals surface area contributed by atoms with Crippen molar-refractivity contribution >= 4 is 21.9 Å².